The van der Waals surface area contributed by atoms with Crippen molar-refractivity contribution in [3.05, 3.63) is 33.9 Å². The number of nitrogens with zero attached hydrogens (tertiary/aromatic N) is 2. The molecule has 0 radical (unpaired) electrons. The lowest BCUT2D eigenvalue weighted by Crippen LogP contribution is -2.40. The molecule has 2 amide bonds. The Morgan fingerprint density at radius 1 is 1.06 bits per heavy atom. The summed E-state index contributed by atoms with van der Waals surface area (Å²) in [6, 6.07) is 2.35. The zero-order chi connectivity index (χ0) is 24.9. The molecule has 0 unspecified atom stereocenters. The largest absolute Gasteiger partial charge is 0.455 e. The smallest absolute Gasteiger partial charge is 0.416 e. The Labute approximate surface area is 193 Å². The highest BCUT2D eigenvalue weighted by molar-refractivity contribution is 5.97. The summed E-state index contributed by atoms with van der Waals surface area (Å²) in [5, 5.41) is 13.6. The first-order chi connectivity index (χ1) is 16.1. The lowest BCUT2D eigenvalue weighted by Gasteiger charge is -2.32. The Hall–Kier alpha value is -3.18. The van der Waals surface area contributed by atoms with E-state index >= 15 is 0 Å². The molecule has 34 heavy (non-hydrogen) atoms. The van der Waals surface area contributed by atoms with Crippen LogP contribution in [-0.4, -0.2) is 42.4 Å². The van der Waals surface area contributed by atoms with Gasteiger partial charge in [-0.1, -0.05) is 19.3 Å². The highest BCUT2D eigenvalue weighted by Gasteiger charge is 2.35. The maximum atomic E-state index is 12.9. The van der Waals surface area contributed by atoms with E-state index in [-0.39, 0.29) is 43.4 Å². The van der Waals surface area contributed by atoms with E-state index in [0.29, 0.717) is 6.07 Å². The minimum atomic E-state index is -4.70. The molecule has 9 nitrogen and oxygen atoms in total. The Morgan fingerprint density at radius 2 is 1.71 bits per heavy atom. The Balaban J connectivity index is 1.49. The maximum Gasteiger partial charge on any atom is 0.416 e. The topological polar surface area (TPSA) is 119 Å². The summed E-state index contributed by atoms with van der Waals surface area (Å²) in [6.07, 6.45) is 0.210. The van der Waals surface area contributed by atoms with E-state index in [1.165, 1.54) is 0 Å². The molecule has 2 aliphatic rings. The summed E-state index contributed by atoms with van der Waals surface area (Å²) < 4.78 is 43.7. The van der Waals surface area contributed by atoms with Crippen molar-refractivity contribution in [2.24, 2.45) is 11.8 Å². The van der Waals surface area contributed by atoms with Gasteiger partial charge >= 0.3 is 12.1 Å². The van der Waals surface area contributed by atoms with Gasteiger partial charge in [0.05, 0.1) is 16.4 Å². The molecular weight excluding hydrogens is 459 g/mol. The molecule has 186 valence electrons. The standard InChI is InChI=1S/C22H26F3N3O6/c23-22(24,25)16-6-7-17(18(12-16)28(32)33)27-10-8-15(9-11-27)21(31)34-13-19(29)26-20(30)14-4-2-1-3-5-14/h6-7,12,14-15H,1-5,8-11,13H2,(H,26,29,30). The van der Waals surface area contributed by atoms with Crippen LogP contribution in [-0.2, 0) is 25.3 Å². The molecule has 0 bridgehead atoms. The van der Waals surface area contributed by atoms with E-state index < -0.39 is 46.8 Å². The van der Waals surface area contributed by atoms with Gasteiger partial charge in [0, 0.05) is 25.1 Å². The minimum Gasteiger partial charge on any atom is -0.455 e. The molecule has 1 aliphatic heterocycles. The maximum absolute atomic E-state index is 12.9. The van der Waals surface area contributed by atoms with Crippen molar-refractivity contribution >= 4 is 29.2 Å². The molecule has 1 aliphatic carbocycles. The molecule has 1 aromatic carbocycles. The van der Waals surface area contributed by atoms with Gasteiger partial charge in [-0.15, -0.1) is 0 Å². The summed E-state index contributed by atoms with van der Waals surface area (Å²) in [6.45, 7) is -0.196. The van der Waals surface area contributed by atoms with E-state index in [1.54, 1.807) is 4.90 Å². The van der Waals surface area contributed by atoms with Gasteiger partial charge in [-0.3, -0.25) is 29.8 Å². The first-order valence-corrected chi connectivity index (χ1v) is 11.2. The predicted molar refractivity (Wildman–Crippen MR) is 114 cm³/mol. The summed E-state index contributed by atoms with van der Waals surface area (Å²) >= 11 is 0. The number of alkyl halides is 3. The lowest BCUT2D eigenvalue weighted by molar-refractivity contribution is -0.384. The van der Waals surface area contributed by atoms with E-state index in [2.05, 4.69) is 5.32 Å². The van der Waals surface area contributed by atoms with Crippen LogP contribution in [0.15, 0.2) is 18.2 Å². The average Bonchev–Trinajstić information content (AvgIpc) is 2.82. The van der Waals surface area contributed by atoms with Gasteiger partial charge in [0.25, 0.3) is 11.6 Å². The van der Waals surface area contributed by atoms with Crippen LogP contribution in [0.1, 0.15) is 50.5 Å². The molecule has 0 spiro atoms. The van der Waals surface area contributed by atoms with Crippen LogP contribution in [0.2, 0.25) is 0 Å². The molecule has 1 N–H and O–H groups in total. The van der Waals surface area contributed by atoms with Crippen LogP contribution in [0, 0.1) is 22.0 Å². The third-order valence-corrected chi connectivity index (χ3v) is 6.25. The number of nitro benzene ring substituents is 1. The van der Waals surface area contributed by atoms with Gasteiger partial charge in [0.1, 0.15) is 5.69 Å². The molecular formula is C22H26F3N3O6. The molecule has 1 aromatic rings. The third kappa shape index (κ3) is 6.45. The SMILES string of the molecule is O=C(COC(=O)C1CCN(c2ccc(C(F)(F)F)cc2[N+](=O)[O-])CC1)NC(=O)C1CCCCC1. The Kier molecular flexibility index (Phi) is 8.11. The molecule has 1 saturated carbocycles. The minimum absolute atomic E-state index is 0.0467. The summed E-state index contributed by atoms with van der Waals surface area (Å²) in [7, 11) is 0. The number of carbonyl (C=O) groups excluding carboxylic acids is 3. The number of anilines is 1. The number of piperidine rings is 1. The number of rotatable bonds is 6. The molecule has 1 heterocycles. The van der Waals surface area contributed by atoms with E-state index in [9.17, 15) is 37.7 Å². The molecule has 0 atom stereocenters. The van der Waals surface area contributed by atoms with Crippen molar-refractivity contribution < 1.29 is 37.2 Å². The number of amides is 2. The quantitative estimate of drug-likeness (QED) is 0.372. The van der Waals surface area contributed by atoms with Gasteiger partial charge in [-0.05, 0) is 37.8 Å². The van der Waals surface area contributed by atoms with E-state index in [1.807, 2.05) is 0 Å². The van der Waals surface area contributed by atoms with Crippen LogP contribution in [0.3, 0.4) is 0 Å². The number of halogens is 3. The van der Waals surface area contributed by atoms with Crippen molar-refractivity contribution in [2.45, 2.75) is 51.1 Å². The molecule has 0 aromatic heterocycles. The number of nitro groups is 1. The van der Waals surface area contributed by atoms with Gasteiger partial charge in [-0.25, -0.2) is 0 Å². The first kappa shape index (κ1) is 25.4. The van der Waals surface area contributed by atoms with Crippen LogP contribution in [0.4, 0.5) is 24.5 Å². The zero-order valence-corrected chi connectivity index (χ0v) is 18.4. The van der Waals surface area contributed by atoms with E-state index in [4.69, 9.17) is 4.74 Å². The fourth-order valence-corrected chi connectivity index (χ4v) is 4.36. The third-order valence-electron chi connectivity index (χ3n) is 6.25. The number of hydrogen-bond acceptors (Lipinski definition) is 7. The second-order valence-corrected chi connectivity index (χ2v) is 8.57. The molecule has 12 heteroatoms. The van der Waals surface area contributed by atoms with Crippen LogP contribution >= 0.6 is 0 Å². The van der Waals surface area contributed by atoms with Crippen molar-refractivity contribution in [3.63, 3.8) is 0 Å². The highest BCUT2D eigenvalue weighted by atomic mass is 19.4. The van der Waals surface area contributed by atoms with Gasteiger partial charge in [0.15, 0.2) is 6.61 Å². The summed E-state index contributed by atoms with van der Waals surface area (Å²) in [4.78, 5) is 48.4. The number of ether oxygens (including phenoxy) is 1. The fourth-order valence-electron chi connectivity index (χ4n) is 4.36. The second-order valence-electron chi connectivity index (χ2n) is 8.57. The van der Waals surface area contributed by atoms with E-state index in [0.717, 1.165) is 44.2 Å². The summed E-state index contributed by atoms with van der Waals surface area (Å²) in [5.74, 6) is -2.44. The molecule has 2 fully saturated rings. The van der Waals surface area contributed by atoms with Crippen LogP contribution in [0.5, 0.6) is 0 Å². The van der Waals surface area contributed by atoms with Crippen molar-refractivity contribution in [1.82, 2.24) is 5.32 Å². The highest BCUT2D eigenvalue weighted by Crippen LogP contribution is 2.37. The number of esters is 1. The Morgan fingerprint density at radius 3 is 2.29 bits per heavy atom. The number of nitrogens with one attached hydrogen (secondary N) is 1. The molecule has 3 rings (SSSR count). The second kappa shape index (κ2) is 10.8. The van der Waals surface area contributed by atoms with Crippen molar-refractivity contribution in [3.8, 4) is 0 Å². The summed E-state index contributed by atoms with van der Waals surface area (Å²) in [5.41, 5.74) is -1.72. The van der Waals surface area contributed by atoms with Crippen LogP contribution < -0.4 is 10.2 Å². The fraction of sp³-hybridized carbons (Fsp3) is 0.591. The van der Waals surface area contributed by atoms with Gasteiger partial charge in [0.2, 0.25) is 5.91 Å². The van der Waals surface area contributed by atoms with Crippen molar-refractivity contribution in [2.75, 3.05) is 24.6 Å². The molecule has 1 saturated heterocycles. The Bertz CT molecular complexity index is 938. The monoisotopic (exact) mass is 485 g/mol. The average molecular weight is 485 g/mol. The lowest BCUT2D eigenvalue weighted by atomic mass is 9.89. The predicted octanol–water partition coefficient (Wildman–Crippen LogP) is 3.60. The normalized spacial score (nSPS) is 17.8. The van der Waals surface area contributed by atoms with Gasteiger partial charge < -0.3 is 9.64 Å². The first-order valence-electron chi connectivity index (χ1n) is 11.2. The van der Waals surface area contributed by atoms with Crippen LogP contribution in [0.25, 0.3) is 0 Å². The zero-order valence-electron chi connectivity index (χ0n) is 18.4. The number of carbonyl (C=O) groups is 3. The number of imide groups is 1. The van der Waals surface area contributed by atoms with Gasteiger partial charge in [-0.2, -0.15) is 13.2 Å². The number of hydrogen-bond donors (Lipinski definition) is 1. The number of benzene rings is 1. The van der Waals surface area contributed by atoms with Crippen molar-refractivity contribution in [1.29, 1.82) is 0 Å².